The van der Waals surface area contributed by atoms with Gasteiger partial charge in [-0.2, -0.15) is 0 Å². The molecule has 0 fully saturated rings. The van der Waals surface area contributed by atoms with Crippen LogP contribution in [-0.2, 0) is 0 Å². The van der Waals surface area contributed by atoms with Crippen LogP contribution in [0.3, 0.4) is 0 Å². The second kappa shape index (κ2) is 3.96. The minimum atomic E-state index is 0.197. The second-order valence-electron chi connectivity index (χ2n) is 2.52. The van der Waals surface area contributed by atoms with Gasteiger partial charge in [-0.05, 0) is 34.1 Å². The van der Waals surface area contributed by atoms with Gasteiger partial charge in [-0.15, -0.1) is 10.2 Å². The summed E-state index contributed by atoms with van der Waals surface area (Å²) in [7, 11) is 0. The van der Waals surface area contributed by atoms with Gasteiger partial charge in [0.15, 0.2) is 8.92 Å². The number of halogens is 2. The average Bonchev–Trinajstić information content (AvgIpc) is 2.51. The molecule has 2 aromatic rings. The van der Waals surface area contributed by atoms with Crippen molar-refractivity contribution < 1.29 is 5.11 Å². The quantitative estimate of drug-likeness (QED) is 0.868. The Morgan fingerprint density at radius 1 is 1.21 bits per heavy atom. The molecule has 3 nitrogen and oxygen atoms in total. The van der Waals surface area contributed by atoms with Crippen molar-refractivity contribution in [1.82, 2.24) is 10.2 Å². The molecule has 0 bridgehead atoms. The fourth-order valence-corrected chi connectivity index (χ4v) is 2.49. The largest absolute Gasteiger partial charge is 0.507 e. The van der Waals surface area contributed by atoms with Gasteiger partial charge in [0.05, 0.1) is 5.56 Å². The van der Waals surface area contributed by atoms with Crippen molar-refractivity contribution in [2.24, 2.45) is 0 Å². The summed E-state index contributed by atoms with van der Waals surface area (Å²) >= 11 is 7.87. The third kappa shape index (κ3) is 1.97. The molecule has 0 spiro atoms. The number of aromatic hydroxyl groups is 1. The van der Waals surface area contributed by atoms with E-state index in [9.17, 15) is 5.11 Å². The molecule has 0 radical (unpaired) electrons. The number of hydrogen-bond acceptors (Lipinski definition) is 4. The van der Waals surface area contributed by atoms with E-state index in [0.717, 1.165) is 4.47 Å². The number of phenolic OH excluding ortho intramolecular Hbond substituents is 1. The van der Waals surface area contributed by atoms with Gasteiger partial charge < -0.3 is 5.11 Å². The van der Waals surface area contributed by atoms with Crippen LogP contribution >= 0.6 is 43.2 Å². The van der Waals surface area contributed by atoms with E-state index in [1.807, 2.05) is 6.07 Å². The van der Waals surface area contributed by atoms with E-state index in [0.29, 0.717) is 14.5 Å². The number of hydrogen-bond donors (Lipinski definition) is 1. The Labute approximate surface area is 101 Å². The highest BCUT2D eigenvalue weighted by molar-refractivity contribution is 9.11. The van der Waals surface area contributed by atoms with Crippen molar-refractivity contribution in [2.45, 2.75) is 0 Å². The topological polar surface area (TPSA) is 46.0 Å². The van der Waals surface area contributed by atoms with Crippen LogP contribution in [0.5, 0.6) is 5.75 Å². The van der Waals surface area contributed by atoms with Crippen LogP contribution in [-0.4, -0.2) is 15.3 Å². The third-order valence-electron chi connectivity index (χ3n) is 1.59. The number of nitrogens with zero attached hydrogens (tertiary/aromatic N) is 2. The zero-order valence-corrected chi connectivity index (χ0v) is 10.7. The predicted molar refractivity (Wildman–Crippen MR) is 62.4 cm³/mol. The fraction of sp³-hybridized carbons (Fsp3) is 0. The molecule has 14 heavy (non-hydrogen) atoms. The van der Waals surface area contributed by atoms with Gasteiger partial charge in [-0.1, -0.05) is 27.3 Å². The van der Waals surface area contributed by atoms with Crippen molar-refractivity contribution in [3.63, 3.8) is 0 Å². The standard InChI is InChI=1S/C8H4Br2N2OS/c9-4-1-2-5(6(13)3-4)7-11-12-8(10)14-7/h1-3,13H. The first-order valence-electron chi connectivity index (χ1n) is 3.65. The van der Waals surface area contributed by atoms with Crippen molar-refractivity contribution in [2.75, 3.05) is 0 Å². The number of rotatable bonds is 1. The Bertz CT molecular complexity index is 472. The lowest BCUT2D eigenvalue weighted by atomic mass is 10.2. The van der Waals surface area contributed by atoms with Gasteiger partial charge >= 0.3 is 0 Å². The monoisotopic (exact) mass is 334 g/mol. The maximum absolute atomic E-state index is 9.65. The minimum absolute atomic E-state index is 0.197. The molecule has 72 valence electrons. The summed E-state index contributed by atoms with van der Waals surface area (Å²) in [6.07, 6.45) is 0. The molecule has 0 amide bonds. The Kier molecular flexibility index (Phi) is 2.85. The molecule has 0 atom stereocenters. The van der Waals surface area contributed by atoms with Crippen LogP contribution in [0.1, 0.15) is 0 Å². The van der Waals surface area contributed by atoms with Crippen molar-refractivity contribution >= 4 is 43.2 Å². The summed E-state index contributed by atoms with van der Waals surface area (Å²) in [4.78, 5) is 0. The number of aromatic nitrogens is 2. The van der Waals surface area contributed by atoms with Crippen LogP contribution in [0, 0.1) is 0 Å². The highest BCUT2D eigenvalue weighted by Gasteiger charge is 2.09. The van der Waals surface area contributed by atoms with Gasteiger partial charge in [0.2, 0.25) is 0 Å². The van der Waals surface area contributed by atoms with E-state index < -0.39 is 0 Å². The zero-order valence-electron chi connectivity index (χ0n) is 6.74. The Hall–Kier alpha value is -0.460. The smallest absolute Gasteiger partial charge is 0.183 e. The van der Waals surface area contributed by atoms with Gasteiger partial charge in [0, 0.05) is 4.47 Å². The molecular formula is C8H4Br2N2OS. The molecule has 0 aliphatic heterocycles. The SMILES string of the molecule is Oc1cc(Br)ccc1-c1nnc(Br)s1. The average molecular weight is 336 g/mol. The summed E-state index contributed by atoms with van der Waals surface area (Å²) in [6, 6.07) is 5.28. The summed E-state index contributed by atoms with van der Waals surface area (Å²) in [5.41, 5.74) is 0.691. The van der Waals surface area contributed by atoms with Crippen molar-refractivity contribution in [3.8, 4) is 16.3 Å². The van der Waals surface area contributed by atoms with Gasteiger partial charge in [-0.3, -0.25) is 0 Å². The van der Waals surface area contributed by atoms with Gasteiger partial charge in [0.1, 0.15) is 5.75 Å². The van der Waals surface area contributed by atoms with E-state index in [1.165, 1.54) is 11.3 Å². The van der Waals surface area contributed by atoms with Crippen LogP contribution in [0.2, 0.25) is 0 Å². The molecular weight excluding hydrogens is 332 g/mol. The summed E-state index contributed by atoms with van der Waals surface area (Å²) in [6.45, 7) is 0. The molecule has 1 N–H and O–H groups in total. The van der Waals surface area contributed by atoms with Crippen LogP contribution in [0.4, 0.5) is 0 Å². The molecule has 6 heteroatoms. The van der Waals surface area contributed by atoms with E-state index in [1.54, 1.807) is 12.1 Å². The highest BCUT2D eigenvalue weighted by Crippen LogP contribution is 2.34. The Morgan fingerprint density at radius 3 is 2.57 bits per heavy atom. The molecule has 1 aromatic heterocycles. The zero-order chi connectivity index (χ0) is 10.1. The fourth-order valence-electron chi connectivity index (χ4n) is 1.000. The lowest BCUT2D eigenvalue weighted by Gasteiger charge is -1.99. The summed E-state index contributed by atoms with van der Waals surface area (Å²) in [5.74, 6) is 0.197. The normalized spacial score (nSPS) is 10.4. The van der Waals surface area contributed by atoms with Crippen molar-refractivity contribution in [1.29, 1.82) is 0 Å². The molecule has 0 aliphatic carbocycles. The molecule has 0 aliphatic rings. The molecule has 1 aromatic carbocycles. The first-order valence-corrected chi connectivity index (χ1v) is 6.05. The Balaban J connectivity index is 2.52. The van der Waals surface area contributed by atoms with Crippen LogP contribution < -0.4 is 0 Å². The minimum Gasteiger partial charge on any atom is -0.507 e. The van der Waals surface area contributed by atoms with E-state index >= 15 is 0 Å². The van der Waals surface area contributed by atoms with E-state index in [4.69, 9.17) is 0 Å². The van der Waals surface area contributed by atoms with Gasteiger partial charge in [0.25, 0.3) is 0 Å². The van der Waals surface area contributed by atoms with Crippen LogP contribution in [0.25, 0.3) is 10.6 Å². The molecule has 1 heterocycles. The summed E-state index contributed by atoms with van der Waals surface area (Å²) < 4.78 is 1.54. The lowest BCUT2D eigenvalue weighted by Crippen LogP contribution is -1.78. The van der Waals surface area contributed by atoms with E-state index in [2.05, 4.69) is 42.1 Å². The third-order valence-corrected chi connectivity index (χ3v) is 3.47. The first-order chi connectivity index (χ1) is 6.66. The van der Waals surface area contributed by atoms with Gasteiger partial charge in [-0.25, -0.2) is 0 Å². The maximum atomic E-state index is 9.65. The second-order valence-corrected chi connectivity index (χ2v) is 5.69. The highest BCUT2D eigenvalue weighted by atomic mass is 79.9. The first kappa shape index (κ1) is 10.1. The lowest BCUT2D eigenvalue weighted by molar-refractivity contribution is 0.477. The van der Waals surface area contributed by atoms with Crippen molar-refractivity contribution in [3.05, 3.63) is 26.6 Å². The Morgan fingerprint density at radius 2 is 2.00 bits per heavy atom. The van der Waals surface area contributed by atoms with E-state index in [-0.39, 0.29) is 5.75 Å². The molecule has 0 saturated heterocycles. The number of benzene rings is 1. The summed E-state index contributed by atoms with van der Waals surface area (Å²) in [5, 5.41) is 18.1. The molecule has 0 saturated carbocycles. The molecule has 2 rings (SSSR count). The molecule has 0 unspecified atom stereocenters. The maximum Gasteiger partial charge on any atom is 0.183 e. The van der Waals surface area contributed by atoms with Crippen LogP contribution in [0.15, 0.2) is 26.6 Å². The predicted octanol–water partition coefficient (Wildman–Crippen LogP) is 3.44. The number of phenols is 1.